The van der Waals surface area contributed by atoms with Gasteiger partial charge in [0.05, 0.1) is 85.9 Å². The summed E-state index contributed by atoms with van der Waals surface area (Å²) in [6.07, 6.45) is 9.23. The molecule has 0 heterocycles. The Morgan fingerprint density at radius 1 is 0.472 bits per heavy atom. The molecule has 0 radical (unpaired) electrons. The molecule has 0 aliphatic heterocycles. The minimum atomic E-state index is -0.287. The summed E-state index contributed by atoms with van der Waals surface area (Å²) in [5.41, 5.74) is 0.462. The molecule has 0 aromatic heterocycles. The maximum Gasteiger partial charge on any atom is 0.333 e. The lowest BCUT2D eigenvalue weighted by atomic mass is 10.1. The van der Waals surface area contributed by atoms with Crippen LogP contribution in [0.15, 0.2) is 12.2 Å². The van der Waals surface area contributed by atoms with Crippen molar-refractivity contribution in [1.82, 2.24) is 0 Å². The van der Waals surface area contributed by atoms with Gasteiger partial charge in [0, 0.05) is 19.3 Å². The summed E-state index contributed by atoms with van der Waals surface area (Å²) in [5, 5.41) is 0. The van der Waals surface area contributed by atoms with Gasteiger partial charge >= 0.3 is 5.97 Å². The number of carbonyl (C=O) groups is 1. The van der Waals surface area contributed by atoms with Crippen LogP contribution in [0.4, 0.5) is 0 Å². The highest BCUT2D eigenvalue weighted by Crippen LogP contribution is 2.09. The van der Waals surface area contributed by atoms with Crippen molar-refractivity contribution in [3.05, 3.63) is 12.2 Å². The fraction of sp³-hybridized carbons (Fsp3) is 0.889. The van der Waals surface area contributed by atoms with E-state index in [1.54, 1.807) is 14.0 Å². The van der Waals surface area contributed by atoms with E-state index in [-0.39, 0.29) is 5.97 Å². The number of rotatable bonds is 30. The zero-order valence-corrected chi connectivity index (χ0v) is 22.9. The minimum Gasteiger partial charge on any atom is -0.462 e. The molecule has 0 aromatic carbocycles. The first-order valence-corrected chi connectivity index (χ1v) is 13.5. The fourth-order valence-corrected chi connectivity index (χ4v) is 3.00. The van der Waals surface area contributed by atoms with Crippen LogP contribution >= 0.6 is 0 Å². The molecule has 0 fully saturated rings. The number of hydrogen-bond acceptors (Lipinski definition) is 9. The molecule has 0 bridgehead atoms. The first kappa shape index (κ1) is 34.9. The normalized spacial score (nSPS) is 11.2. The summed E-state index contributed by atoms with van der Waals surface area (Å²) in [5.74, 6) is -0.287. The van der Waals surface area contributed by atoms with E-state index < -0.39 is 0 Å². The van der Waals surface area contributed by atoms with Crippen molar-refractivity contribution in [2.45, 2.75) is 58.3 Å². The second kappa shape index (κ2) is 30.2. The van der Waals surface area contributed by atoms with E-state index in [4.69, 9.17) is 37.9 Å². The van der Waals surface area contributed by atoms with E-state index in [0.717, 1.165) is 25.9 Å². The SMILES string of the molecule is C=C(C)C(=O)OCCCCCCCCCCOCCOCCOCCOCCOCCOCCOC. The van der Waals surface area contributed by atoms with E-state index >= 15 is 0 Å². The van der Waals surface area contributed by atoms with E-state index in [0.29, 0.717) is 91.5 Å². The maximum atomic E-state index is 11.2. The van der Waals surface area contributed by atoms with Crippen molar-refractivity contribution in [2.75, 3.05) is 99.6 Å². The van der Waals surface area contributed by atoms with Crippen molar-refractivity contribution in [3.63, 3.8) is 0 Å². The van der Waals surface area contributed by atoms with Crippen LogP contribution in [0, 0.1) is 0 Å². The number of ether oxygens (including phenoxy) is 8. The van der Waals surface area contributed by atoms with Gasteiger partial charge in [-0.2, -0.15) is 0 Å². The van der Waals surface area contributed by atoms with Crippen LogP contribution in [-0.2, 0) is 42.7 Å². The van der Waals surface area contributed by atoms with Crippen LogP contribution in [0.3, 0.4) is 0 Å². The van der Waals surface area contributed by atoms with Crippen LogP contribution in [0.1, 0.15) is 58.3 Å². The first-order valence-electron chi connectivity index (χ1n) is 13.5. The van der Waals surface area contributed by atoms with Gasteiger partial charge in [-0.1, -0.05) is 45.1 Å². The maximum absolute atomic E-state index is 11.2. The number of methoxy groups -OCH3 is 1. The quantitative estimate of drug-likeness (QED) is 0.0792. The molecule has 214 valence electrons. The Kier molecular flexibility index (Phi) is 29.3. The summed E-state index contributed by atoms with van der Waals surface area (Å²) in [6, 6.07) is 0. The second-order valence-corrected chi connectivity index (χ2v) is 8.41. The molecular weight excluding hydrogens is 468 g/mol. The molecule has 0 atom stereocenters. The molecular formula is C27H52O9. The van der Waals surface area contributed by atoms with Crippen LogP contribution in [0.5, 0.6) is 0 Å². The molecule has 0 saturated heterocycles. The molecule has 0 aliphatic rings. The van der Waals surface area contributed by atoms with Crippen molar-refractivity contribution in [2.24, 2.45) is 0 Å². The minimum absolute atomic E-state index is 0.287. The average molecular weight is 521 g/mol. The third kappa shape index (κ3) is 29.2. The Hall–Kier alpha value is -1.07. The molecule has 9 nitrogen and oxygen atoms in total. The van der Waals surface area contributed by atoms with Crippen LogP contribution < -0.4 is 0 Å². The molecule has 9 heteroatoms. The molecule has 0 aromatic rings. The fourth-order valence-electron chi connectivity index (χ4n) is 3.00. The lowest BCUT2D eigenvalue weighted by Gasteiger charge is -2.08. The monoisotopic (exact) mass is 520 g/mol. The molecule has 36 heavy (non-hydrogen) atoms. The summed E-state index contributed by atoms with van der Waals surface area (Å²) in [6.45, 7) is 13.4. The smallest absolute Gasteiger partial charge is 0.333 e. The number of carbonyl (C=O) groups excluding carboxylic acids is 1. The first-order chi connectivity index (χ1) is 17.7. The lowest BCUT2D eigenvalue weighted by Crippen LogP contribution is -2.14. The van der Waals surface area contributed by atoms with Crippen molar-refractivity contribution < 1.29 is 42.7 Å². The van der Waals surface area contributed by atoms with Crippen molar-refractivity contribution in [1.29, 1.82) is 0 Å². The molecule has 0 rings (SSSR count). The Labute approximate surface area is 219 Å². The van der Waals surface area contributed by atoms with Gasteiger partial charge < -0.3 is 37.9 Å². The summed E-state index contributed by atoms with van der Waals surface area (Å²) >= 11 is 0. The van der Waals surface area contributed by atoms with Gasteiger partial charge in [0.2, 0.25) is 0 Å². The second-order valence-electron chi connectivity index (χ2n) is 8.41. The lowest BCUT2D eigenvalue weighted by molar-refractivity contribution is -0.139. The standard InChI is InChI=1S/C27H52O9/c1-26(2)27(28)36-13-11-9-7-5-4-6-8-10-12-30-16-17-32-20-21-34-24-25-35-23-22-33-19-18-31-15-14-29-3/h1,4-25H2,2-3H3. The topological polar surface area (TPSA) is 90.9 Å². The van der Waals surface area contributed by atoms with E-state index in [1.165, 1.54) is 32.1 Å². The molecule has 0 unspecified atom stereocenters. The number of esters is 1. The van der Waals surface area contributed by atoms with Gasteiger partial charge in [0.1, 0.15) is 0 Å². The van der Waals surface area contributed by atoms with Gasteiger partial charge in [-0.3, -0.25) is 0 Å². The highest BCUT2D eigenvalue weighted by molar-refractivity contribution is 5.86. The van der Waals surface area contributed by atoms with Gasteiger partial charge in [0.25, 0.3) is 0 Å². The molecule has 0 spiro atoms. The summed E-state index contributed by atoms with van der Waals surface area (Å²) in [7, 11) is 1.65. The van der Waals surface area contributed by atoms with Gasteiger partial charge in [-0.25, -0.2) is 4.79 Å². The van der Waals surface area contributed by atoms with E-state index in [2.05, 4.69) is 6.58 Å². The van der Waals surface area contributed by atoms with Gasteiger partial charge in [-0.15, -0.1) is 0 Å². The van der Waals surface area contributed by atoms with Crippen LogP contribution in [-0.4, -0.2) is 106 Å². The predicted molar refractivity (Wildman–Crippen MR) is 139 cm³/mol. The predicted octanol–water partition coefficient (Wildman–Crippen LogP) is 3.97. The van der Waals surface area contributed by atoms with E-state index in [1.807, 2.05) is 0 Å². The van der Waals surface area contributed by atoms with Crippen LogP contribution in [0.25, 0.3) is 0 Å². The Morgan fingerprint density at radius 3 is 1.14 bits per heavy atom. The van der Waals surface area contributed by atoms with Crippen LogP contribution in [0.2, 0.25) is 0 Å². The van der Waals surface area contributed by atoms with Gasteiger partial charge in [-0.05, 0) is 19.8 Å². The Bertz CT molecular complexity index is 474. The number of unbranched alkanes of at least 4 members (excludes halogenated alkanes) is 7. The Morgan fingerprint density at radius 2 is 0.778 bits per heavy atom. The largest absolute Gasteiger partial charge is 0.462 e. The Balaban J connectivity index is 3.05. The molecule has 0 aliphatic carbocycles. The average Bonchev–Trinajstić information content (AvgIpc) is 2.87. The summed E-state index contributed by atoms with van der Waals surface area (Å²) < 4.78 is 42.7. The highest BCUT2D eigenvalue weighted by atomic mass is 16.6. The molecule has 0 N–H and O–H groups in total. The zero-order valence-electron chi connectivity index (χ0n) is 22.9. The van der Waals surface area contributed by atoms with Crippen molar-refractivity contribution in [3.8, 4) is 0 Å². The zero-order chi connectivity index (χ0) is 26.4. The van der Waals surface area contributed by atoms with Gasteiger partial charge in [0.15, 0.2) is 0 Å². The third-order valence-corrected chi connectivity index (χ3v) is 5.06. The van der Waals surface area contributed by atoms with E-state index in [9.17, 15) is 4.79 Å². The number of hydrogen-bond donors (Lipinski definition) is 0. The molecule has 0 saturated carbocycles. The third-order valence-electron chi connectivity index (χ3n) is 5.06. The summed E-state index contributed by atoms with van der Waals surface area (Å²) in [4.78, 5) is 11.2. The highest BCUT2D eigenvalue weighted by Gasteiger charge is 2.01. The molecule has 0 amide bonds. The van der Waals surface area contributed by atoms with Crippen molar-refractivity contribution >= 4 is 5.97 Å².